The van der Waals surface area contributed by atoms with Gasteiger partial charge in [-0.2, -0.15) is 0 Å². The number of carbonyl (C=O) groups is 2. The molecule has 128 valence electrons. The first-order valence-corrected chi connectivity index (χ1v) is 7.85. The van der Waals surface area contributed by atoms with Crippen LogP contribution in [0.1, 0.15) is 43.7 Å². The van der Waals surface area contributed by atoms with Gasteiger partial charge in [-0.3, -0.25) is 14.5 Å². The first kappa shape index (κ1) is 18.2. The van der Waals surface area contributed by atoms with Gasteiger partial charge in [-0.25, -0.2) is 0 Å². The van der Waals surface area contributed by atoms with Gasteiger partial charge in [-0.15, -0.1) is 12.4 Å². The molecule has 0 radical (unpaired) electrons. The summed E-state index contributed by atoms with van der Waals surface area (Å²) in [6, 6.07) is 6.96. The van der Waals surface area contributed by atoms with E-state index in [-0.39, 0.29) is 24.2 Å². The number of nitrogens with zero attached hydrogens (tertiary/aromatic N) is 1. The Hall–Kier alpha value is -2.11. The van der Waals surface area contributed by atoms with Crippen molar-refractivity contribution in [3.8, 4) is 0 Å². The summed E-state index contributed by atoms with van der Waals surface area (Å²) in [6.45, 7) is 3.42. The summed E-state index contributed by atoms with van der Waals surface area (Å²) in [7, 11) is 0. The average molecular weight is 348 g/mol. The lowest BCUT2D eigenvalue weighted by atomic mass is 9.88. The standard InChI is InChI=1S/C18H21N3O2.ClH/c1-10-12-6-3-4-7-13(12)16-14(20)8-5-9-15(16)21(17(10)22)18(23)11(2)19;/h3-4,6-8,10-11H,5,9,19-20H2,1-2H3;1H/t10-,11+;/m1./s1. The zero-order chi connectivity index (χ0) is 16.7. The van der Waals surface area contributed by atoms with Crippen molar-refractivity contribution < 1.29 is 9.59 Å². The van der Waals surface area contributed by atoms with Crippen LogP contribution in [-0.2, 0) is 9.59 Å². The fourth-order valence-corrected chi connectivity index (χ4v) is 3.30. The predicted molar refractivity (Wildman–Crippen MR) is 96.0 cm³/mol. The maximum Gasteiger partial charge on any atom is 0.250 e. The molecule has 0 fully saturated rings. The minimum absolute atomic E-state index is 0. The van der Waals surface area contributed by atoms with Crippen molar-refractivity contribution in [3.63, 3.8) is 0 Å². The third-order valence-electron chi connectivity index (χ3n) is 4.49. The van der Waals surface area contributed by atoms with Crippen molar-refractivity contribution in [2.45, 2.75) is 38.6 Å². The molecule has 3 rings (SSSR count). The number of rotatable bonds is 1. The Morgan fingerprint density at radius 3 is 2.67 bits per heavy atom. The third kappa shape index (κ3) is 2.74. The molecule has 1 aliphatic carbocycles. The first-order valence-electron chi connectivity index (χ1n) is 7.85. The lowest BCUT2D eigenvalue weighted by molar-refractivity contribution is -0.143. The number of hydrogen-bond donors (Lipinski definition) is 2. The molecular weight excluding hydrogens is 326 g/mol. The Bertz CT molecular complexity index is 752. The fourth-order valence-electron chi connectivity index (χ4n) is 3.30. The molecule has 2 amide bonds. The molecule has 1 aromatic carbocycles. The van der Waals surface area contributed by atoms with E-state index in [0.717, 1.165) is 16.7 Å². The van der Waals surface area contributed by atoms with Crippen LogP contribution in [0.4, 0.5) is 0 Å². The van der Waals surface area contributed by atoms with Gasteiger partial charge in [0.25, 0.3) is 0 Å². The molecule has 0 spiro atoms. The highest BCUT2D eigenvalue weighted by molar-refractivity contribution is 6.06. The summed E-state index contributed by atoms with van der Waals surface area (Å²) in [6.07, 6.45) is 3.25. The minimum atomic E-state index is -0.742. The smallest absolute Gasteiger partial charge is 0.250 e. The molecule has 2 atom stereocenters. The van der Waals surface area contributed by atoms with Crippen molar-refractivity contribution in [2.75, 3.05) is 0 Å². The largest absolute Gasteiger partial charge is 0.398 e. The van der Waals surface area contributed by atoms with Gasteiger partial charge >= 0.3 is 0 Å². The number of imide groups is 1. The Morgan fingerprint density at radius 2 is 2.00 bits per heavy atom. The van der Waals surface area contributed by atoms with Crippen LogP contribution in [0, 0.1) is 0 Å². The SMILES string of the molecule is C[C@H](N)C(=O)N1C(=O)[C@H](C)c2ccccc2C2=C1CCC=C2N.Cl. The Balaban J connectivity index is 0.00000208. The van der Waals surface area contributed by atoms with E-state index in [1.165, 1.54) is 4.90 Å². The first-order chi connectivity index (χ1) is 10.9. The van der Waals surface area contributed by atoms with Crippen molar-refractivity contribution in [1.29, 1.82) is 0 Å². The van der Waals surface area contributed by atoms with E-state index in [1.807, 2.05) is 37.3 Å². The highest BCUT2D eigenvalue weighted by Crippen LogP contribution is 2.41. The maximum absolute atomic E-state index is 13.0. The van der Waals surface area contributed by atoms with Crippen LogP contribution in [0.5, 0.6) is 0 Å². The molecule has 24 heavy (non-hydrogen) atoms. The second-order valence-electron chi connectivity index (χ2n) is 6.13. The molecule has 5 nitrogen and oxygen atoms in total. The van der Waals surface area contributed by atoms with E-state index in [1.54, 1.807) is 6.92 Å². The summed E-state index contributed by atoms with van der Waals surface area (Å²) in [5.41, 5.74) is 15.9. The van der Waals surface area contributed by atoms with Gasteiger partial charge < -0.3 is 11.5 Å². The number of nitrogens with two attached hydrogens (primary N) is 2. The van der Waals surface area contributed by atoms with E-state index < -0.39 is 12.0 Å². The number of halogens is 1. The van der Waals surface area contributed by atoms with Gasteiger partial charge in [0.05, 0.1) is 12.0 Å². The van der Waals surface area contributed by atoms with Crippen LogP contribution in [-0.4, -0.2) is 22.8 Å². The molecular formula is C18H22ClN3O2. The highest BCUT2D eigenvalue weighted by atomic mass is 35.5. The molecule has 0 saturated carbocycles. The quantitative estimate of drug-likeness (QED) is 0.815. The van der Waals surface area contributed by atoms with Crippen LogP contribution in [0.15, 0.2) is 41.7 Å². The topological polar surface area (TPSA) is 89.4 Å². The molecule has 0 unspecified atom stereocenters. The van der Waals surface area contributed by atoms with Gasteiger partial charge in [0, 0.05) is 17.0 Å². The Labute approximate surface area is 147 Å². The normalized spacial score (nSPS) is 21.1. The lowest BCUT2D eigenvalue weighted by Crippen LogP contribution is -2.46. The third-order valence-corrected chi connectivity index (χ3v) is 4.49. The lowest BCUT2D eigenvalue weighted by Gasteiger charge is -2.29. The van der Waals surface area contributed by atoms with Crippen LogP contribution in [0.25, 0.3) is 5.57 Å². The molecule has 4 N–H and O–H groups in total. The maximum atomic E-state index is 13.0. The van der Waals surface area contributed by atoms with Crippen LogP contribution in [0.3, 0.4) is 0 Å². The van der Waals surface area contributed by atoms with Crippen LogP contribution >= 0.6 is 12.4 Å². The van der Waals surface area contributed by atoms with Gasteiger partial charge in [-0.05, 0) is 37.8 Å². The van der Waals surface area contributed by atoms with Crippen molar-refractivity contribution in [3.05, 3.63) is 52.9 Å². The summed E-state index contributed by atoms with van der Waals surface area (Å²) < 4.78 is 0. The number of fused-ring (bicyclic) bond motifs is 2. The highest BCUT2D eigenvalue weighted by Gasteiger charge is 2.38. The molecule has 0 bridgehead atoms. The molecule has 6 heteroatoms. The molecule has 2 aliphatic rings. The predicted octanol–water partition coefficient (Wildman–Crippen LogP) is 2.28. The Morgan fingerprint density at radius 1 is 1.33 bits per heavy atom. The summed E-state index contributed by atoms with van der Waals surface area (Å²) in [4.78, 5) is 26.8. The molecule has 1 aromatic rings. The monoisotopic (exact) mass is 347 g/mol. The van der Waals surface area contributed by atoms with Gasteiger partial charge in [0.1, 0.15) is 0 Å². The number of hydrogen-bond acceptors (Lipinski definition) is 4. The van der Waals surface area contributed by atoms with Crippen molar-refractivity contribution >= 4 is 29.8 Å². The van der Waals surface area contributed by atoms with Crippen molar-refractivity contribution in [1.82, 2.24) is 4.90 Å². The average Bonchev–Trinajstić information content (AvgIpc) is 2.62. The van der Waals surface area contributed by atoms with Gasteiger partial charge in [0.15, 0.2) is 0 Å². The number of allylic oxidation sites excluding steroid dienone is 3. The zero-order valence-electron chi connectivity index (χ0n) is 13.8. The van der Waals surface area contributed by atoms with Crippen LogP contribution < -0.4 is 11.5 Å². The number of amides is 2. The zero-order valence-corrected chi connectivity index (χ0v) is 14.6. The van der Waals surface area contributed by atoms with E-state index in [4.69, 9.17) is 11.5 Å². The van der Waals surface area contributed by atoms with E-state index in [2.05, 4.69) is 0 Å². The second-order valence-corrected chi connectivity index (χ2v) is 6.13. The van der Waals surface area contributed by atoms with Crippen molar-refractivity contribution in [2.24, 2.45) is 11.5 Å². The summed E-state index contributed by atoms with van der Waals surface area (Å²) in [5, 5.41) is 0. The molecule has 1 aliphatic heterocycles. The number of carbonyl (C=O) groups excluding carboxylic acids is 2. The number of benzene rings is 1. The van der Waals surface area contributed by atoms with E-state index >= 15 is 0 Å². The fraction of sp³-hybridized carbons (Fsp3) is 0.333. The van der Waals surface area contributed by atoms with Gasteiger partial charge in [-0.1, -0.05) is 30.3 Å². The van der Waals surface area contributed by atoms with Gasteiger partial charge in [0.2, 0.25) is 11.8 Å². The van der Waals surface area contributed by atoms with E-state index in [9.17, 15) is 9.59 Å². The molecule has 0 saturated heterocycles. The molecule has 1 heterocycles. The van der Waals surface area contributed by atoms with E-state index in [0.29, 0.717) is 24.2 Å². The second kappa shape index (κ2) is 6.79. The molecule has 0 aromatic heterocycles. The summed E-state index contributed by atoms with van der Waals surface area (Å²) in [5.74, 6) is -1.04. The summed E-state index contributed by atoms with van der Waals surface area (Å²) >= 11 is 0. The Kier molecular flexibility index (Phi) is 5.16. The minimum Gasteiger partial charge on any atom is -0.398 e. The van der Waals surface area contributed by atoms with Crippen LogP contribution in [0.2, 0.25) is 0 Å².